The number of carbonyl (C=O) groups is 2. The number of rotatable bonds is 11. The van der Waals surface area contributed by atoms with Crippen molar-refractivity contribution in [3.05, 3.63) is 96.2 Å². The summed E-state index contributed by atoms with van der Waals surface area (Å²) in [4.78, 5) is 24.6. The van der Waals surface area contributed by atoms with Gasteiger partial charge in [-0.2, -0.15) is 5.10 Å². The van der Waals surface area contributed by atoms with Crippen LogP contribution in [0.4, 0.5) is 0 Å². The lowest BCUT2D eigenvalue weighted by molar-refractivity contribution is -0.143. The van der Waals surface area contributed by atoms with Gasteiger partial charge in [-0.15, -0.1) is 0 Å². The van der Waals surface area contributed by atoms with Crippen molar-refractivity contribution in [2.24, 2.45) is 0 Å². The third-order valence-electron chi connectivity index (χ3n) is 5.83. The second-order valence-corrected chi connectivity index (χ2v) is 8.31. The smallest absolute Gasteiger partial charge is 0.331 e. The molecular formula is C30H29N3O6. The molecule has 3 aromatic carbocycles. The molecule has 9 nitrogen and oxygen atoms in total. The van der Waals surface area contributed by atoms with Crippen LogP contribution < -0.4 is 19.5 Å². The van der Waals surface area contributed by atoms with Gasteiger partial charge in [0.1, 0.15) is 11.4 Å². The van der Waals surface area contributed by atoms with Crippen molar-refractivity contribution >= 4 is 18.0 Å². The molecular weight excluding hydrogens is 498 g/mol. The molecule has 4 rings (SSSR count). The van der Waals surface area contributed by atoms with Gasteiger partial charge < -0.3 is 24.3 Å². The van der Waals surface area contributed by atoms with E-state index in [1.165, 1.54) is 6.08 Å². The number of para-hydroxylation sites is 2. The fraction of sp³-hybridized carbons (Fsp3) is 0.167. The number of aromatic nitrogens is 2. The lowest BCUT2D eigenvalue weighted by Gasteiger charge is -2.09. The second kappa shape index (κ2) is 13.0. The Hall–Kier alpha value is -5.05. The van der Waals surface area contributed by atoms with Gasteiger partial charge in [0.05, 0.1) is 27.0 Å². The Morgan fingerprint density at radius 3 is 2.33 bits per heavy atom. The summed E-state index contributed by atoms with van der Waals surface area (Å²) in [5.74, 6) is 0.726. The first-order valence-corrected chi connectivity index (χ1v) is 12.1. The predicted molar refractivity (Wildman–Crippen MR) is 147 cm³/mol. The van der Waals surface area contributed by atoms with Crippen molar-refractivity contribution in [3.8, 4) is 34.2 Å². The maximum absolute atomic E-state index is 12.4. The van der Waals surface area contributed by atoms with Gasteiger partial charge in [0.2, 0.25) is 0 Å². The number of nitrogens with zero attached hydrogens (tertiary/aromatic N) is 2. The van der Waals surface area contributed by atoms with Crippen LogP contribution in [0, 0.1) is 0 Å². The van der Waals surface area contributed by atoms with Crippen LogP contribution in [-0.4, -0.2) is 49.6 Å². The van der Waals surface area contributed by atoms with E-state index in [1.807, 2.05) is 72.9 Å². The Morgan fingerprint density at radius 1 is 0.872 bits per heavy atom. The molecule has 0 unspecified atom stereocenters. The highest BCUT2D eigenvalue weighted by molar-refractivity contribution is 5.90. The largest absolute Gasteiger partial charge is 0.496 e. The highest BCUT2D eigenvalue weighted by atomic mass is 16.5. The molecule has 1 aromatic heterocycles. The van der Waals surface area contributed by atoms with Crippen molar-refractivity contribution in [3.63, 3.8) is 0 Å². The molecule has 0 bridgehead atoms. The molecule has 0 aliphatic carbocycles. The van der Waals surface area contributed by atoms with Gasteiger partial charge in [-0.3, -0.25) is 4.79 Å². The van der Waals surface area contributed by atoms with E-state index in [-0.39, 0.29) is 6.54 Å². The van der Waals surface area contributed by atoms with E-state index in [4.69, 9.17) is 24.0 Å². The standard InChI is InChI=1S/C30H29N3O6/c1-36-25-12-8-7-9-22(25)18-31-28(34)20-39-29(35)16-14-23-19-33(24-10-5-4-6-11-24)32-30(23)21-13-15-26(37-2)27(17-21)38-3/h4-17,19H,18,20H2,1-3H3,(H,31,34)/b16-14+. The zero-order valence-electron chi connectivity index (χ0n) is 21.9. The quantitative estimate of drug-likeness (QED) is 0.227. The second-order valence-electron chi connectivity index (χ2n) is 8.31. The Kier molecular flexibility index (Phi) is 8.97. The Labute approximate surface area is 226 Å². The number of hydrogen-bond donors (Lipinski definition) is 1. The number of ether oxygens (including phenoxy) is 4. The molecule has 1 amide bonds. The summed E-state index contributed by atoms with van der Waals surface area (Å²) in [6.07, 6.45) is 4.68. The molecule has 0 aliphatic heterocycles. The minimum Gasteiger partial charge on any atom is -0.496 e. The van der Waals surface area contributed by atoms with Crippen LogP contribution in [0.15, 0.2) is 85.1 Å². The number of nitrogens with one attached hydrogen (secondary N) is 1. The topological polar surface area (TPSA) is 101 Å². The zero-order chi connectivity index (χ0) is 27.6. The first kappa shape index (κ1) is 27.0. The number of hydrogen-bond acceptors (Lipinski definition) is 7. The third-order valence-corrected chi connectivity index (χ3v) is 5.83. The SMILES string of the molecule is COc1ccccc1CNC(=O)COC(=O)/C=C/c1cn(-c2ccccc2)nc1-c1ccc(OC)c(OC)c1. The van der Waals surface area contributed by atoms with Gasteiger partial charge in [0.15, 0.2) is 18.1 Å². The average molecular weight is 528 g/mol. The monoisotopic (exact) mass is 527 g/mol. The van der Waals surface area contributed by atoms with Crippen molar-refractivity contribution in [1.29, 1.82) is 0 Å². The first-order valence-electron chi connectivity index (χ1n) is 12.1. The number of amides is 1. The number of methoxy groups -OCH3 is 3. The maximum Gasteiger partial charge on any atom is 0.331 e. The predicted octanol–water partition coefficient (Wildman–Crippen LogP) is 4.44. The van der Waals surface area contributed by atoms with E-state index in [0.717, 1.165) is 16.8 Å². The van der Waals surface area contributed by atoms with E-state index in [0.29, 0.717) is 28.5 Å². The van der Waals surface area contributed by atoms with Crippen LogP contribution >= 0.6 is 0 Å². The molecule has 9 heteroatoms. The van der Waals surface area contributed by atoms with Crippen molar-refractivity contribution in [2.45, 2.75) is 6.54 Å². The van der Waals surface area contributed by atoms with Crippen LogP contribution in [0.25, 0.3) is 23.0 Å². The van der Waals surface area contributed by atoms with E-state index in [2.05, 4.69) is 5.32 Å². The summed E-state index contributed by atoms with van der Waals surface area (Å²) in [6.45, 7) is -0.159. The van der Waals surface area contributed by atoms with Crippen molar-refractivity contribution in [1.82, 2.24) is 15.1 Å². The van der Waals surface area contributed by atoms with Gasteiger partial charge in [-0.05, 0) is 42.5 Å². The summed E-state index contributed by atoms with van der Waals surface area (Å²) < 4.78 is 22.9. The lowest BCUT2D eigenvalue weighted by Crippen LogP contribution is -2.28. The Balaban J connectivity index is 1.47. The van der Waals surface area contributed by atoms with Gasteiger partial charge in [-0.25, -0.2) is 9.48 Å². The fourth-order valence-corrected chi connectivity index (χ4v) is 3.87. The van der Waals surface area contributed by atoms with Gasteiger partial charge in [0, 0.05) is 35.5 Å². The van der Waals surface area contributed by atoms with Crippen LogP contribution in [0.5, 0.6) is 17.2 Å². The summed E-state index contributed by atoms with van der Waals surface area (Å²) >= 11 is 0. The average Bonchev–Trinajstić information content (AvgIpc) is 3.42. The van der Waals surface area contributed by atoms with Crippen molar-refractivity contribution < 1.29 is 28.5 Å². The molecule has 39 heavy (non-hydrogen) atoms. The minimum atomic E-state index is -0.659. The van der Waals surface area contributed by atoms with Gasteiger partial charge in [0.25, 0.3) is 5.91 Å². The molecule has 0 fully saturated rings. The normalized spacial score (nSPS) is 10.7. The van der Waals surface area contributed by atoms with Crippen LogP contribution in [0.1, 0.15) is 11.1 Å². The van der Waals surface area contributed by atoms with Gasteiger partial charge in [-0.1, -0.05) is 36.4 Å². The number of carbonyl (C=O) groups excluding carboxylic acids is 2. The zero-order valence-corrected chi connectivity index (χ0v) is 21.9. The van der Waals surface area contributed by atoms with E-state index in [1.54, 1.807) is 38.2 Å². The van der Waals surface area contributed by atoms with Gasteiger partial charge >= 0.3 is 5.97 Å². The Morgan fingerprint density at radius 2 is 1.59 bits per heavy atom. The van der Waals surface area contributed by atoms with Crippen molar-refractivity contribution in [2.75, 3.05) is 27.9 Å². The molecule has 4 aromatic rings. The van der Waals surface area contributed by atoms with E-state index >= 15 is 0 Å². The summed E-state index contributed by atoms with van der Waals surface area (Å²) in [6, 6.07) is 22.4. The molecule has 0 atom stereocenters. The summed E-state index contributed by atoms with van der Waals surface area (Å²) in [5.41, 5.74) is 3.74. The fourth-order valence-electron chi connectivity index (χ4n) is 3.87. The van der Waals surface area contributed by atoms with Crippen LogP contribution in [0.3, 0.4) is 0 Å². The molecule has 1 heterocycles. The molecule has 1 N–H and O–H groups in total. The molecule has 0 spiro atoms. The first-order chi connectivity index (χ1) is 19.0. The number of benzene rings is 3. The minimum absolute atomic E-state index is 0.254. The highest BCUT2D eigenvalue weighted by Gasteiger charge is 2.14. The summed E-state index contributed by atoms with van der Waals surface area (Å²) in [5, 5.41) is 7.46. The van der Waals surface area contributed by atoms with E-state index < -0.39 is 18.5 Å². The molecule has 0 aliphatic rings. The molecule has 0 saturated carbocycles. The highest BCUT2D eigenvalue weighted by Crippen LogP contribution is 2.33. The lowest BCUT2D eigenvalue weighted by atomic mass is 10.1. The Bertz CT molecular complexity index is 1460. The maximum atomic E-state index is 12.4. The molecule has 0 radical (unpaired) electrons. The molecule has 0 saturated heterocycles. The third kappa shape index (κ3) is 6.84. The van der Waals surface area contributed by atoms with Crippen LogP contribution in [-0.2, 0) is 20.9 Å². The molecule has 200 valence electrons. The number of esters is 1. The van der Waals surface area contributed by atoms with E-state index in [9.17, 15) is 9.59 Å². The van der Waals surface area contributed by atoms with Crippen LogP contribution in [0.2, 0.25) is 0 Å². The summed E-state index contributed by atoms with van der Waals surface area (Å²) in [7, 11) is 4.70.